The SMILES string of the molecule is C.C=C[C@@H]1C[C@]1(CC(=O)[C@@H]1C[C@@H](Oc2nc3ccccc3nc2-c2cccs2)CN1C(=O)[C@@H](NC(=O)OC(C)(C)C)C(C)(C)C)C(=O)Nc1nn[nH]n1.C=C[C@@H]1C[C@]1(CC(=O)[C@@H]1C[C@@H](Oc2nc3ccccc3nc2-c2cccs2)CN1C(=O)[C@@H](NC(=O)OC(C)(C)C)C(C)(C)C)C(=O)O.[2H][B].[U]. The Morgan fingerprint density at radius 3 is 1.36 bits per heavy atom. The summed E-state index contributed by atoms with van der Waals surface area (Å²) < 4.78 is 29.3. The van der Waals surface area contributed by atoms with Gasteiger partial charge < -0.3 is 44.5 Å². The van der Waals surface area contributed by atoms with E-state index < -0.39 is 105 Å². The first-order chi connectivity index (χ1) is 47.6. The predicted molar refractivity (Wildman–Crippen MR) is 385 cm³/mol. The molecule has 2 radical (unpaired) electrons. The van der Waals surface area contributed by atoms with Gasteiger partial charge in [0.2, 0.25) is 29.5 Å². The summed E-state index contributed by atoms with van der Waals surface area (Å²) in [5.41, 5.74) is -1.75. The van der Waals surface area contributed by atoms with Gasteiger partial charge in [0.1, 0.15) is 46.9 Å². The second-order valence-electron chi connectivity index (χ2n) is 29.7. The summed E-state index contributed by atoms with van der Waals surface area (Å²) in [5.74, 6) is -3.28. The third-order valence-electron chi connectivity index (χ3n) is 17.8. The van der Waals surface area contributed by atoms with Crippen molar-refractivity contribution in [2.24, 2.45) is 33.5 Å². The number of Topliss-reactive ketones (excluding diaryl/α,β-unsaturated/α-hetero) is 2. The number of tetrazole rings is 1. The quantitative estimate of drug-likeness (QED) is 0.0330. The van der Waals surface area contributed by atoms with E-state index in [1.807, 2.05) is 125 Å². The van der Waals surface area contributed by atoms with E-state index in [0.29, 0.717) is 46.3 Å². The number of nitrogens with zero attached hydrogens (tertiary/aromatic N) is 9. The zero-order valence-electron chi connectivity index (χ0n) is 59.7. The van der Waals surface area contributed by atoms with E-state index in [1.54, 1.807) is 53.7 Å². The first-order valence-corrected chi connectivity index (χ1v) is 34.5. The van der Waals surface area contributed by atoms with Crippen LogP contribution >= 0.6 is 22.7 Å². The van der Waals surface area contributed by atoms with E-state index in [1.165, 1.54) is 32.5 Å². The molecule has 11 rings (SSSR count). The Hall–Kier alpha value is -8.45. The van der Waals surface area contributed by atoms with Crippen molar-refractivity contribution in [1.82, 2.24) is 61.0 Å². The van der Waals surface area contributed by atoms with Crippen LogP contribution in [-0.4, -0.2) is 173 Å². The zero-order valence-corrected chi connectivity index (χ0v) is 64.5. The number of aliphatic carboxylic acids is 1. The number of carboxylic acid groups (broad SMARTS) is 1. The summed E-state index contributed by atoms with van der Waals surface area (Å²) in [6, 6.07) is 18.5. The predicted octanol–water partition coefficient (Wildman–Crippen LogP) is 10.8. The normalized spacial score (nSPS) is 22.0. The van der Waals surface area contributed by atoms with Crippen molar-refractivity contribution in [3.63, 3.8) is 0 Å². The Bertz CT molecular complexity index is 4220. The molecule has 2 aliphatic carbocycles. The number of benzene rings is 2. The maximum atomic E-state index is 14.6. The fourth-order valence-corrected chi connectivity index (χ4v) is 14.0. The fraction of sp³-hybridized carbons (Fsp3) is 0.486. The van der Waals surface area contributed by atoms with Crippen LogP contribution in [-0.2, 0) is 38.2 Å². The van der Waals surface area contributed by atoms with Crippen molar-refractivity contribution in [3.8, 4) is 32.9 Å². The molecule has 5 N–H and O–H groups in total. The summed E-state index contributed by atoms with van der Waals surface area (Å²) in [4.78, 5) is 133. The van der Waals surface area contributed by atoms with Crippen LogP contribution in [0.3, 0.4) is 0 Å². The molecule has 2 saturated carbocycles. The van der Waals surface area contributed by atoms with E-state index in [0.717, 1.165) is 9.75 Å². The van der Waals surface area contributed by atoms with Crippen molar-refractivity contribution < 1.29 is 93.5 Å². The maximum Gasteiger partial charge on any atom is 0.408 e. The molecular weight excluding hydrogens is 1570 g/mol. The molecule has 540 valence electrons. The number of H-pyrrole nitrogens is 1. The minimum absolute atomic E-state index is 0. The van der Waals surface area contributed by atoms with E-state index in [4.69, 9.17) is 40.2 Å². The van der Waals surface area contributed by atoms with Crippen molar-refractivity contribution in [2.75, 3.05) is 18.4 Å². The number of rotatable bonds is 21. The van der Waals surface area contributed by atoms with Crippen molar-refractivity contribution in [3.05, 3.63) is 109 Å². The molecule has 4 aliphatic rings. The number of thiophene rings is 2. The number of amides is 5. The smallest absolute Gasteiger partial charge is 0.408 e. The van der Waals surface area contributed by atoms with Crippen LogP contribution in [0.2, 0.25) is 0 Å². The van der Waals surface area contributed by atoms with Crippen LogP contribution in [0, 0.1) is 64.6 Å². The summed E-state index contributed by atoms with van der Waals surface area (Å²) in [6.45, 7) is 28.9. The molecule has 4 fully saturated rings. The third kappa shape index (κ3) is 18.7. The number of carbonyl (C=O) groups is 8. The topological polar surface area (TPSA) is 342 Å². The Morgan fingerprint density at radius 2 is 1.03 bits per heavy atom. The van der Waals surface area contributed by atoms with Gasteiger partial charge in [-0.25, -0.2) is 29.5 Å². The van der Waals surface area contributed by atoms with Gasteiger partial charge in [-0.15, -0.1) is 40.9 Å². The number of carbonyl (C=O) groups excluding carboxylic acids is 7. The number of ketones is 2. The minimum atomic E-state index is -1.25. The summed E-state index contributed by atoms with van der Waals surface area (Å²) in [7, 11) is 3.75. The van der Waals surface area contributed by atoms with Gasteiger partial charge in [-0.1, -0.05) is 103 Å². The van der Waals surface area contributed by atoms with E-state index >= 15 is 0 Å². The molecule has 0 bridgehead atoms. The van der Waals surface area contributed by atoms with Crippen LogP contribution < -0.4 is 25.4 Å². The number of aromatic amines is 1. The van der Waals surface area contributed by atoms with Crippen molar-refractivity contribution in [1.29, 1.82) is 1.34 Å². The maximum absolute atomic E-state index is 14.6. The molecule has 2 aromatic carbocycles. The molecule has 5 aromatic heterocycles. The van der Waals surface area contributed by atoms with Crippen LogP contribution in [0.4, 0.5) is 15.5 Å². The van der Waals surface area contributed by atoms with E-state index in [2.05, 4.69) is 58.1 Å². The second kappa shape index (κ2) is 32.1. The average Bonchev–Trinajstić information content (AvgIpc) is 1.59. The van der Waals surface area contributed by atoms with Gasteiger partial charge in [0.05, 0.1) is 67.8 Å². The molecule has 7 aromatic rings. The van der Waals surface area contributed by atoms with Gasteiger partial charge in [0, 0.05) is 65.2 Å². The monoisotopic (exact) mass is 1660 g/mol. The minimum Gasteiger partial charge on any atom is -0.481 e. The van der Waals surface area contributed by atoms with Crippen molar-refractivity contribution in [2.45, 2.75) is 177 Å². The van der Waals surface area contributed by atoms with Gasteiger partial charge in [-0.05, 0) is 131 Å². The Balaban J connectivity index is 0.000000278. The molecule has 7 heterocycles. The van der Waals surface area contributed by atoms with Gasteiger partial charge in [-0.3, -0.25) is 34.1 Å². The number of likely N-dealkylation sites (tertiary alicyclic amines) is 2. The third-order valence-corrected chi connectivity index (χ3v) is 19.5. The first kappa shape index (κ1) is 79.3. The van der Waals surface area contributed by atoms with Crippen LogP contribution in [0.5, 0.6) is 11.8 Å². The first-order valence-electron chi connectivity index (χ1n) is 33.3. The number of aromatic nitrogens is 8. The summed E-state index contributed by atoms with van der Waals surface area (Å²) in [6.07, 6.45) is 0.846. The Kier molecular flexibility index (Phi) is 24.9. The number of hydrogen-bond donors (Lipinski definition) is 5. The molecule has 26 nitrogen and oxygen atoms in total. The Labute approximate surface area is 628 Å². The molecule has 2 aliphatic heterocycles. The summed E-state index contributed by atoms with van der Waals surface area (Å²) >= 11 is 2.97. The second-order valence-corrected chi connectivity index (χ2v) is 31.6. The molecule has 10 atom stereocenters. The molecule has 102 heavy (non-hydrogen) atoms. The number of allylic oxidation sites excluding steroid dienone is 2. The summed E-state index contributed by atoms with van der Waals surface area (Å²) in [5, 5.41) is 35.4. The number of nitrogens with one attached hydrogen (secondary N) is 4. The van der Waals surface area contributed by atoms with Gasteiger partial charge in [0.15, 0.2) is 11.6 Å². The molecule has 2 saturated heterocycles. The van der Waals surface area contributed by atoms with E-state index in [9.17, 15) is 43.5 Å². The molecular formula is C72H90BN13O13S2U. The Morgan fingerprint density at radius 1 is 0.637 bits per heavy atom. The number of para-hydroxylation sites is 4. The number of hydrogen-bond acceptors (Lipinski definition) is 21. The molecule has 30 heteroatoms. The van der Waals surface area contributed by atoms with Crippen molar-refractivity contribution >= 4 is 107 Å². The molecule has 0 unspecified atom stereocenters. The van der Waals surface area contributed by atoms with Gasteiger partial charge in [-0.2, -0.15) is 5.21 Å². The molecule has 5 amide bonds. The number of alkyl carbamates (subject to hydrolysis) is 2. The fourth-order valence-electron chi connectivity index (χ4n) is 12.6. The zero-order chi connectivity index (χ0) is 73.7. The van der Waals surface area contributed by atoms with Gasteiger partial charge >= 0.3 is 18.2 Å². The number of carboxylic acids is 1. The van der Waals surface area contributed by atoms with Crippen LogP contribution in [0.25, 0.3) is 43.2 Å². The van der Waals surface area contributed by atoms with Crippen LogP contribution in [0.15, 0.2) is 109 Å². The average molecular weight is 1660 g/mol. The van der Waals surface area contributed by atoms with Crippen LogP contribution in [0.1, 0.15) is 129 Å². The molecule has 0 spiro atoms. The largest absolute Gasteiger partial charge is 0.481 e. The number of fused-ring (bicyclic) bond motifs is 2. The van der Waals surface area contributed by atoms with Gasteiger partial charge in [0.25, 0.3) is 5.95 Å². The number of anilines is 1. The number of ether oxygens (including phenoxy) is 4. The standard InChI is InChI=1S/C36H43N9O6S.C35H42N4O7S.CH4.BH.U/c1-8-20-17-36(20,31(48)40-32-41-43-44-42-32)18-25(46)24-16-21(19-45(24)30(47)28(34(2,3)4)39-33(49)51-35(5,6)7)50-29-27(26-14-11-15-52-26)37-22-12-9-10-13-23(22)38-29;1-8-20-17-35(20,31(42)43)18-25(40)24-16-21(19-39(24)30(41)28(33(2,3)4)38-32(44)46-34(5,6)7)45-29-27(26-14-11-15-47-26)36-22-12-9-10-13-23(22)37-29;;;/h8-15,20-21,24,28H,1,16-19H2,2-7H3,(H,39,49)(H2,40,41,42,43,44,48);8-15,20-21,24,28H,1,16-19H2,2-7H3,(H,38,44)(H,42,43);1H4;1H;/t20-,21-,24+,28-,36-;20-,21-,24+,28-,35-;;;/m11.../s1/i;;;1D;. The van der Waals surface area contributed by atoms with E-state index in [-0.39, 0.29) is 118 Å².